The van der Waals surface area contributed by atoms with Crippen molar-refractivity contribution in [3.05, 3.63) is 41.6 Å². The number of aromatic nitrogens is 2. The highest BCUT2D eigenvalue weighted by molar-refractivity contribution is 5.95. The van der Waals surface area contributed by atoms with Crippen molar-refractivity contribution in [1.29, 1.82) is 5.41 Å². The maximum absolute atomic E-state index is 12.9. The zero-order chi connectivity index (χ0) is 24.1. The molecule has 9 nitrogen and oxygen atoms in total. The Morgan fingerprint density at radius 1 is 1.21 bits per heavy atom. The maximum Gasteiger partial charge on any atom is 0.255 e. The molecule has 0 bridgehead atoms. The number of likely N-dealkylation sites (tertiary alicyclic amines) is 1. The number of anilines is 2. The molecule has 2 aromatic heterocycles. The second-order valence-electron chi connectivity index (χ2n) is 8.76. The Labute approximate surface area is 199 Å². The SMILES string of the molecule is CCOCCC(C)C(=O)n1ccc(N2CCOc3cc(C(=O)N4CCCCC4)cnc32)cc1=N. The minimum atomic E-state index is -0.242. The van der Waals surface area contributed by atoms with Crippen LogP contribution in [0.15, 0.2) is 30.6 Å². The lowest BCUT2D eigenvalue weighted by molar-refractivity contribution is 0.0722. The van der Waals surface area contributed by atoms with E-state index >= 15 is 0 Å². The van der Waals surface area contributed by atoms with Gasteiger partial charge in [0.2, 0.25) is 5.91 Å². The molecule has 0 radical (unpaired) electrons. The van der Waals surface area contributed by atoms with Gasteiger partial charge in [-0.15, -0.1) is 0 Å². The van der Waals surface area contributed by atoms with E-state index in [1.54, 1.807) is 24.5 Å². The highest BCUT2D eigenvalue weighted by Crippen LogP contribution is 2.35. The molecule has 0 aliphatic carbocycles. The lowest BCUT2D eigenvalue weighted by Crippen LogP contribution is -2.36. The number of hydrogen-bond acceptors (Lipinski definition) is 7. The van der Waals surface area contributed by atoms with Crippen LogP contribution in [0.25, 0.3) is 0 Å². The van der Waals surface area contributed by atoms with Crippen molar-refractivity contribution >= 4 is 23.3 Å². The Morgan fingerprint density at radius 3 is 2.74 bits per heavy atom. The highest BCUT2D eigenvalue weighted by Gasteiger charge is 2.25. The Bertz CT molecular complexity index is 1090. The van der Waals surface area contributed by atoms with Gasteiger partial charge in [0.15, 0.2) is 11.6 Å². The van der Waals surface area contributed by atoms with Gasteiger partial charge < -0.3 is 19.3 Å². The monoisotopic (exact) mass is 467 g/mol. The predicted octanol–water partition coefficient (Wildman–Crippen LogP) is 3.22. The third-order valence-electron chi connectivity index (χ3n) is 6.36. The average molecular weight is 468 g/mol. The smallest absolute Gasteiger partial charge is 0.255 e. The van der Waals surface area contributed by atoms with Crippen LogP contribution in [0, 0.1) is 11.3 Å². The lowest BCUT2D eigenvalue weighted by Gasteiger charge is -2.31. The van der Waals surface area contributed by atoms with Crippen molar-refractivity contribution in [3.8, 4) is 5.75 Å². The van der Waals surface area contributed by atoms with E-state index in [1.807, 2.05) is 29.7 Å². The second kappa shape index (κ2) is 10.8. The number of nitrogens with zero attached hydrogens (tertiary/aromatic N) is 4. The number of fused-ring (bicyclic) bond motifs is 1. The van der Waals surface area contributed by atoms with Gasteiger partial charge in [-0.05, 0) is 44.7 Å². The molecule has 0 aromatic carbocycles. The van der Waals surface area contributed by atoms with E-state index in [0.717, 1.165) is 38.0 Å². The summed E-state index contributed by atoms with van der Waals surface area (Å²) >= 11 is 0. The highest BCUT2D eigenvalue weighted by atomic mass is 16.5. The topological polar surface area (TPSA) is 101 Å². The van der Waals surface area contributed by atoms with Crippen molar-refractivity contribution in [3.63, 3.8) is 0 Å². The van der Waals surface area contributed by atoms with E-state index < -0.39 is 0 Å². The first-order valence-corrected chi connectivity index (χ1v) is 12.1. The standard InChI is InChI=1S/C25H33N5O4/c1-3-33-13-8-18(2)24(31)30-11-7-20(16-22(30)26)29-12-14-34-21-15-19(17-27-23(21)29)25(32)28-9-5-4-6-10-28/h7,11,15-18,26H,3-6,8-10,12-14H2,1-2H3. The molecule has 9 heteroatoms. The third kappa shape index (κ3) is 5.14. The summed E-state index contributed by atoms with van der Waals surface area (Å²) in [5.41, 5.74) is 1.39. The van der Waals surface area contributed by atoms with Crippen LogP contribution in [0.5, 0.6) is 5.75 Å². The molecular weight excluding hydrogens is 434 g/mol. The summed E-state index contributed by atoms with van der Waals surface area (Å²) in [7, 11) is 0. The number of hydrogen-bond donors (Lipinski definition) is 1. The Balaban J connectivity index is 1.52. The molecule has 2 aromatic rings. The molecule has 1 fully saturated rings. The van der Waals surface area contributed by atoms with Crippen molar-refractivity contribution in [2.45, 2.75) is 39.5 Å². The first kappa shape index (κ1) is 23.9. The van der Waals surface area contributed by atoms with Gasteiger partial charge in [-0.25, -0.2) is 4.98 Å². The normalized spacial score (nSPS) is 16.5. The van der Waals surface area contributed by atoms with E-state index in [2.05, 4.69) is 4.98 Å². The van der Waals surface area contributed by atoms with E-state index in [0.29, 0.717) is 49.9 Å². The van der Waals surface area contributed by atoms with Gasteiger partial charge in [0.05, 0.1) is 12.1 Å². The summed E-state index contributed by atoms with van der Waals surface area (Å²) in [5, 5.41) is 8.44. The van der Waals surface area contributed by atoms with Gasteiger partial charge in [0.25, 0.3) is 5.91 Å². The first-order chi connectivity index (χ1) is 16.5. The molecule has 1 saturated heterocycles. The fourth-order valence-electron chi connectivity index (χ4n) is 4.36. The van der Waals surface area contributed by atoms with Crippen molar-refractivity contribution in [1.82, 2.24) is 14.5 Å². The van der Waals surface area contributed by atoms with E-state index in [9.17, 15) is 9.59 Å². The molecule has 4 rings (SSSR count). The number of ether oxygens (including phenoxy) is 2. The summed E-state index contributed by atoms with van der Waals surface area (Å²) < 4.78 is 12.6. The second-order valence-corrected chi connectivity index (χ2v) is 8.76. The fourth-order valence-corrected chi connectivity index (χ4v) is 4.36. The van der Waals surface area contributed by atoms with Crippen LogP contribution in [-0.4, -0.2) is 65.7 Å². The summed E-state index contributed by atoms with van der Waals surface area (Å²) in [6.07, 6.45) is 7.08. The molecule has 2 aliphatic rings. The van der Waals surface area contributed by atoms with Crippen LogP contribution in [0.4, 0.5) is 11.5 Å². The number of carbonyl (C=O) groups excluding carboxylic acids is 2. The van der Waals surface area contributed by atoms with Crippen LogP contribution in [0.1, 0.15) is 54.7 Å². The van der Waals surface area contributed by atoms with Gasteiger partial charge in [0.1, 0.15) is 12.1 Å². The molecular formula is C25H33N5O4. The fraction of sp³-hybridized carbons (Fsp3) is 0.520. The minimum Gasteiger partial charge on any atom is -0.488 e. The zero-order valence-electron chi connectivity index (χ0n) is 20.0. The summed E-state index contributed by atoms with van der Waals surface area (Å²) in [4.78, 5) is 34.0. The van der Waals surface area contributed by atoms with Crippen LogP contribution in [-0.2, 0) is 4.74 Å². The van der Waals surface area contributed by atoms with Crippen molar-refractivity contribution < 1.29 is 19.1 Å². The predicted molar refractivity (Wildman–Crippen MR) is 128 cm³/mol. The molecule has 0 saturated carbocycles. The van der Waals surface area contributed by atoms with Gasteiger partial charge in [-0.1, -0.05) is 6.92 Å². The number of rotatable bonds is 7. The molecule has 1 amide bonds. The molecule has 1 unspecified atom stereocenters. The van der Waals surface area contributed by atoms with Crippen molar-refractivity contribution in [2.75, 3.05) is 44.4 Å². The zero-order valence-corrected chi connectivity index (χ0v) is 20.0. The van der Waals surface area contributed by atoms with Crippen LogP contribution < -0.4 is 15.1 Å². The average Bonchev–Trinajstić information content (AvgIpc) is 2.87. The van der Waals surface area contributed by atoms with E-state index in [-0.39, 0.29) is 23.2 Å². The Kier molecular flexibility index (Phi) is 7.62. The Morgan fingerprint density at radius 2 is 2.00 bits per heavy atom. The largest absolute Gasteiger partial charge is 0.488 e. The summed E-state index contributed by atoms with van der Waals surface area (Å²) in [5.74, 6) is 0.778. The molecule has 1 atom stereocenters. The molecule has 34 heavy (non-hydrogen) atoms. The van der Waals surface area contributed by atoms with Crippen LogP contribution in [0.2, 0.25) is 0 Å². The Hall–Kier alpha value is -3.20. The number of carbonyl (C=O) groups is 2. The summed E-state index contributed by atoms with van der Waals surface area (Å²) in [6.45, 7) is 7.47. The summed E-state index contributed by atoms with van der Waals surface area (Å²) in [6, 6.07) is 5.24. The number of nitrogens with one attached hydrogen (secondary N) is 1. The van der Waals surface area contributed by atoms with Crippen molar-refractivity contribution in [2.24, 2.45) is 5.92 Å². The van der Waals surface area contributed by atoms with Gasteiger partial charge in [0, 0.05) is 56.4 Å². The molecule has 4 heterocycles. The van der Waals surface area contributed by atoms with Gasteiger partial charge in [-0.2, -0.15) is 0 Å². The molecule has 1 N–H and O–H groups in total. The maximum atomic E-state index is 12.9. The van der Waals surface area contributed by atoms with E-state index in [1.165, 1.54) is 4.57 Å². The van der Waals surface area contributed by atoms with Gasteiger partial charge in [-0.3, -0.25) is 19.6 Å². The van der Waals surface area contributed by atoms with E-state index in [4.69, 9.17) is 14.9 Å². The van der Waals surface area contributed by atoms with Gasteiger partial charge >= 0.3 is 0 Å². The van der Waals surface area contributed by atoms with Crippen LogP contribution >= 0.6 is 0 Å². The minimum absolute atomic E-state index is 0.0121. The number of piperidine rings is 1. The molecule has 0 spiro atoms. The molecule has 2 aliphatic heterocycles. The third-order valence-corrected chi connectivity index (χ3v) is 6.36. The lowest BCUT2D eigenvalue weighted by atomic mass is 10.1. The number of pyridine rings is 2. The quantitative estimate of drug-likeness (QED) is 0.628. The molecule has 182 valence electrons. The number of amides is 1. The first-order valence-electron chi connectivity index (χ1n) is 12.1. The van der Waals surface area contributed by atoms with Crippen LogP contribution in [0.3, 0.4) is 0 Å².